The van der Waals surface area contributed by atoms with E-state index >= 15 is 0 Å². The lowest BCUT2D eigenvalue weighted by molar-refractivity contribution is -0.116. The van der Waals surface area contributed by atoms with Crippen LogP contribution < -0.4 is 10.9 Å². The van der Waals surface area contributed by atoms with Crippen molar-refractivity contribution in [1.82, 2.24) is 9.55 Å². The van der Waals surface area contributed by atoms with E-state index in [2.05, 4.69) is 10.3 Å². The molecule has 0 saturated carbocycles. The van der Waals surface area contributed by atoms with Crippen LogP contribution in [0.5, 0.6) is 0 Å². The SMILES string of the molecule is CC(=O)c1cccc(NC(=O)Cn2cnc(C(C)C)cc2=O)c1. The van der Waals surface area contributed by atoms with E-state index in [0.29, 0.717) is 16.9 Å². The lowest BCUT2D eigenvalue weighted by Gasteiger charge is -2.09. The number of aromatic nitrogens is 2. The van der Waals surface area contributed by atoms with Gasteiger partial charge in [0, 0.05) is 17.3 Å². The average molecular weight is 313 g/mol. The summed E-state index contributed by atoms with van der Waals surface area (Å²) in [4.78, 5) is 39.5. The molecule has 1 amide bonds. The lowest BCUT2D eigenvalue weighted by Crippen LogP contribution is -2.28. The lowest BCUT2D eigenvalue weighted by atomic mass is 10.1. The van der Waals surface area contributed by atoms with Gasteiger partial charge in [-0.15, -0.1) is 0 Å². The Labute approximate surface area is 134 Å². The second kappa shape index (κ2) is 7.00. The second-order valence-corrected chi connectivity index (χ2v) is 5.62. The number of nitrogens with zero attached hydrogens (tertiary/aromatic N) is 2. The van der Waals surface area contributed by atoms with Crippen LogP contribution in [0.25, 0.3) is 0 Å². The minimum Gasteiger partial charge on any atom is -0.325 e. The quantitative estimate of drug-likeness (QED) is 0.858. The maximum atomic E-state index is 12.1. The van der Waals surface area contributed by atoms with Gasteiger partial charge >= 0.3 is 0 Å². The molecule has 0 bridgehead atoms. The molecule has 1 N–H and O–H groups in total. The van der Waals surface area contributed by atoms with Crippen LogP contribution in [0.4, 0.5) is 5.69 Å². The number of hydrogen-bond donors (Lipinski definition) is 1. The molecule has 0 aliphatic heterocycles. The third-order valence-electron chi connectivity index (χ3n) is 3.36. The number of ketones is 1. The van der Waals surface area contributed by atoms with Crippen molar-refractivity contribution in [2.75, 3.05) is 5.32 Å². The topological polar surface area (TPSA) is 81.1 Å². The third-order valence-corrected chi connectivity index (χ3v) is 3.36. The molecule has 0 aliphatic carbocycles. The van der Waals surface area contributed by atoms with Gasteiger partial charge in [0.1, 0.15) is 6.54 Å². The van der Waals surface area contributed by atoms with Crippen molar-refractivity contribution in [3.63, 3.8) is 0 Å². The van der Waals surface area contributed by atoms with Gasteiger partial charge in [0.05, 0.1) is 12.0 Å². The van der Waals surface area contributed by atoms with Gasteiger partial charge < -0.3 is 5.32 Å². The van der Waals surface area contributed by atoms with Crippen LogP contribution in [0, 0.1) is 0 Å². The molecule has 0 atom stereocenters. The summed E-state index contributed by atoms with van der Waals surface area (Å²) in [7, 11) is 0. The van der Waals surface area contributed by atoms with Crippen LogP contribution in [0.3, 0.4) is 0 Å². The Morgan fingerprint density at radius 2 is 2.00 bits per heavy atom. The Kier molecular flexibility index (Phi) is 5.05. The van der Waals surface area contributed by atoms with Gasteiger partial charge in [-0.2, -0.15) is 0 Å². The molecule has 23 heavy (non-hydrogen) atoms. The van der Waals surface area contributed by atoms with Crippen LogP contribution in [-0.2, 0) is 11.3 Å². The van der Waals surface area contributed by atoms with Crippen molar-refractivity contribution in [3.8, 4) is 0 Å². The summed E-state index contributed by atoms with van der Waals surface area (Å²) in [6.45, 7) is 5.22. The monoisotopic (exact) mass is 313 g/mol. The molecule has 1 aromatic heterocycles. The number of Topliss-reactive ketones (excluding diaryl/α,β-unsaturated/α-hetero) is 1. The molecule has 6 heteroatoms. The fourth-order valence-corrected chi connectivity index (χ4v) is 2.05. The van der Waals surface area contributed by atoms with Gasteiger partial charge in [0.15, 0.2) is 5.78 Å². The van der Waals surface area contributed by atoms with Gasteiger partial charge in [-0.3, -0.25) is 19.0 Å². The first-order chi connectivity index (χ1) is 10.9. The number of nitrogens with one attached hydrogen (secondary N) is 1. The normalized spacial score (nSPS) is 10.6. The Bertz CT molecular complexity index is 794. The van der Waals surface area contributed by atoms with Crippen LogP contribution in [-0.4, -0.2) is 21.2 Å². The number of anilines is 1. The van der Waals surface area contributed by atoms with E-state index in [1.807, 2.05) is 13.8 Å². The molecular weight excluding hydrogens is 294 g/mol. The molecule has 0 saturated heterocycles. The number of carbonyl (C=O) groups is 2. The summed E-state index contributed by atoms with van der Waals surface area (Å²) in [6.07, 6.45) is 1.38. The second-order valence-electron chi connectivity index (χ2n) is 5.62. The van der Waals surface area contributed by atoms with E-state index in [0.717, 1.165) is 0 Å². The molecule has 0 radical (unpaired) electrons. The maximum absolute atomic E-state index is 12.1. The fourth-order valence-electron chi connectivity index (χ4n) is 2.05. The molecule has 0 unspecified atom stereocenters. The summed E-state index contributed by atoms with van der Waals surface area (Å²) in [5.74, 6) is -0.279. The van der Waals surface area contributed by atoms with Gasteiger partial charge in [-0.25, -0.2) is 4.98 Å². The maximum Gasteiger partial charge on any atom is 0.254 e. The minimum absolute atomic E-state index is 0.0780. The number of hydrogen-bond acceptors (Lipinski definition) is 4. The summed E-state index contributed by atoms with van der Waals surface area (Å²) in [6, 6.07) is 8.10. The molecule has 0 aliphatic rings. The van der Waals surface area contributed by atoms with Gasteiger partial charge in [-0.1, -0.05) is 26.0 Å². The number of benzene rings is 1. The molecule has 1 heterocycles. The Morgan fingerprint density at radius 3 is 2.61 bits per heavy atom. The molecular formula is C17H19N3O3. The zero-order valence-electron chi connectivity index (χ0n) is 13.4. The minimum atomic E-state index is -0.355. The average Bonchev–Trinajstić information content (AvgIpc) is 2.49. The van der Waals surface area contributed by atoms with Crippen molar-refractivity contribution >= 4 is 17.4 Å². The zero-order chi connectivity index (χ0) is 17.0. The number of carbonyl (C=O) groups excluding carboxylic acids is 2. The van der Waals surface area contributed by atoms with Crippen molar-refractivity contribution < 1.29 is 9.59 Å². The highest BCUT2D eigenvalue weighted by Gasteiger charge is 2.09. The fraction of sp³-hybridized carbons (Fsp3) is 0.294. The van der Waals surface area contributed by atoms with Crippen LogP contribution in [0.15, 0.2) is 41.5 Å². The molecule has 6 nitrogen and oxygen atoms in total. The van der Waals surface area contributed by atoms with E-state index in [9.17, 15) is 14.4 Å². The predicted molar refractivity (Wildman–Crippen MR) is 87.7 cm³/mol. The van der Waals surface area contributed by atoms with Crippen molar-refractivity contribution in [2.45, 2.75) is 33.2 Å². The highest BCUT2D eigenvalue weighted by molar-refractivity contribution is 5.97. The Hall–Kier alpha value is -2.76. The van der Waals surface area contributed by atoms with E-state index in [4.69, 9.17) is 0 Å². The molecule has 2 aromatic rings. The first kappa shape index (κ1) is 16.6. The van der Waals surface area contributed by atoms with Gasteiger partial charge in [-0.05, 0) is 25.0 Å². The van der Waals surface area contributed by atoms with Crippen molar-refractivity contribution in [2.24, 2.45) is 0 Å². The molecule has 1 aromatic carbocycles. The molecule has 0 fully saturated rings. The summed E-state index contributed by atoms with van der Waals surface area (Å²) in [5.41, 5.74) is 1.46. The largest absolute Gasteiger partial charge is 0.325 e. The van der Waals surface area contributed by atoms with Crippen LogP contribution in [0.2, 0.25) is 0 Å². The highest BCUT2D eigenvalue weighted by atomic mass is 16.2. The van der Waals surface area contributed by atoms with E-state index < -0.39 is 0 Å². The molecule has 2 rings (SSSR count). The van der Waals surface area contributed by atoms with Crippen LogP contribution in [0.1, 0.15) is 42.7 Å². The highest BCUT2D eigenvalue weighted by Crippen LogP contribution is 2.11. The first-order valence-corrected chi connectivity index (χ1v) is 7.34. The Morgan fingerprint density at radius 1 is 1.26 bits per heavy atom. The molecule has 0 spiro atoms. The standard InChI is InChI=1S/C17H19N3O3/c1-11(2)15-8-17(23)20(10-18-15)9-16(22)19-14-6-4-5-13(7-14)12(3)21/h4-8,10-11H,9H2,1-3H3,(H,19,22). The predicted octanol–water partition coefficient (Wildman–Crippen LogP) is 2.21. The van der Waals surface area contributed by atoms with Gasteiger partial charge in [0.25, 0.3) is 5.56 Å². The smallest absolute Gasteiger partial charge is 0.254 e. The number of amides is 1. The molecule has 120 valence electrons. The summed E-state index contributed by atoms with van der Waals surface area (Å²) >= 11 is 0. The first-order valence-electron chi connectivity index (χ1n) is 7.34. The number of rotatable bonds is 5. The summed E-state index contributed by atoms with van der Waals surface area (Å²) in [5, 5.41) is 2.67. The van der Waals surface area contributed by atoms with Gasteiger partial charge in [0.2, 0.25) is 5.91 Å². The van der Waals surface area contributed by atoms with Crippen molar-refractivity contribution in [1.29, 1.82) is 0 Å². The van der Waals surface area contributed by atoms with E-state index in [-0.39, 0.29) is 29.7 Å². The Balaban J connectivity index is 2.09. The van der Waals surface area contributed by atoms with E-state index in [1.165, 1.54) is 23.9 Å². The van der Waals surface area contributed by atoms with Crippen molar-refractivity contribution in [3.05, 3.63) is 58.3 Å². The zero-order valence-corrected chi connectivity index (χ0v) is 13.4. The third kappa shape index (κ3) is 4.35. The van der Waals surface area contributed by atoms with E-state index in [1.54, 1.807) is 24.3 Å². The van der Waals surface area contributed by atoms with Crippen LogP contribution >= 0.6 is 0 Å². The summed E-state index contributed by atoms with van der Waals surface area (Å²) < 4.78 is 1.25.